The van der Waals surface area contributed by atoms with Crippen LogP contribution < -0.4 is 4.74 Å². The van der Waals surface area contributed by atoms with Crippen LogP contribution in [0.15, 0.2) is 58.6 Å². The van der Waals surface area contributed by atoms with Crippen LogP contribution in [0.2, 0.25) is 0 Å². The Hall–Kier alpha value is -1.78. The van der Waals surface area contributed by atoms with E-state index in [1.165, 1.54) is 4.31 Å². The summed E-state index contributed by atoms with van der Waals surface area (Å²) in [6, 6.07) is 10.0. The summed E-state index contributed by atoms with van der Waals surface area (Å²) in [5.41, 5.74) is 0. The lowest BCUT2D eigenvalue weighted by Gasteiger charge is -2.31. The van der Waals surface area contributed by atoms with Gasteiger partial charge in [-0.2, -0.15) is 4.31 Å². The lowest BCUT2D eigenvalue weighted by atomic mass is 10.0. The van der Waals surface area contributed by atoms with Crippen LogP contribution in [0.1, 0.15) is 12.8 Å². The normalized spacial score (nSPS) is 16.8. The molecule has 1 aromatic carbocycles. The molecule has 1 aliphatic rings. The molecule has 1 aromatic heterocycles. The van der Waals surface area contributed by atoms with Crippen LogP contribution in [0.5, 0.6) is 5.75 Å². The minimum atomic E-state index is -4.81. The first kappa shape index (κ1) is 20.9. The highest BCUT2D eigenvalue weighted by Gasteiger charge is 2.32. The average molecular weight is 432 g/mol. The van der Waals surface area contributed by atoms with Gasteiger partial charge in [-0.25, -0.2) is 13.4 Å². The maximum absolute atomic E-state index is 12.7. The van der Waals surface area contributed by atoms with Crippen molar-refractivity contribution in [2.24, 2.45) is 5.92 Å². The molecule has 0 bridgehead atoms. The van der Waals surface area contributed by atoms with Gasteiger partial charge in [0.15, 0.2) is 0 Å². The molecule has 0 aliphatic carbocycles. The second-order valence-electron chi connectivity index (χ2n) is 6.35. The third-order valence-corrected chi connectivity index (χ3v) is 7.46. The number of halogens is 3. The summed E-state index contributed by atoms with van der Waals surface area (Å²) in [6.07, 6.45) is -1.61. The van der Waals surface area contributed by atoms with Gasteiger partial charge in [0.1, 0.15) is 5.75 Å². The summed E-state index contributed by atoms with van der Waals surface area (Å²) in [7, 11) is -3.74. The third kappa shape index (κ3) is 5.62. The second-order valence-corrected chi connectivity index (χ2v) is 9.32. The first-order chi connectivity index (χ1) is 13.2. The van der Waals surface area contributed by atoms with Crippen molar-refractivity contribution in [3.8, 4) is 5.75 Å². The fourth-order valence-corrected chi connectivity index (χ4v) is 5.43. The van der Waals surface area contributed by atoms with Gasteiger partial charge in [0, 0.05) is 25.0 Å². The summed E-state index contributed by atoms with van der Waals surface area (Å²) < 4.78 is 67.3. The Morgan fingerprint density at radius 3 is 2.36 bits per heavy atom. The van der Waals surface area contributed by atoms with Crippen molar-refractivity contribution < 1.29 is 26.3 Å². The molecule has 1 saturated heterocycles. The third-order valence-electron chi connectivity index (χ3n) is 4.37. The molecule has 0 unspecified atom stereocenters. The van der Waals surface area contributed by atoms with E-state index in [0.29, 0.717) is 19.0 Å². The van der Waals surface area contributed by atoms with E-state index < -0.39 is 22.1 Å². The highest BCUT2D eigenvalue weighted by molar-refractivity contribution is 7.99. The molecule has 0 radical (unpaired) electrons. The molecule has 0 atom stereocenters. The quantitative estimate of drug-likeness (QED) is 0.641. The largest absolute Gasteiger partial charge is 0.573 e. The predicted octanol–water partition coefficient (Wildman–Crippen LogP) is 4.17. The Kier molecular flexibility index (Phi) is 6.51. The Balaban J connectivity index is 1.55. The van der Waals surface area contributed by atoms with Crippen molar-refractivity contribution >= 4 is 21.8 Å². The van der Waals surface area contributed by atoms with Crippen molar-refractivity contribution in [1.29, 1.82) is 0 Å². The number of alkyl halides is 3. The minimum absolute atomic E-state index is 0.0386. The van der Waals surface area contributed by atoms with Gasteiger partial charge in [0.05, 0.1) is 9.92 Å². The summed E-state index contributed by atoms with van der Waals surface area (Å²) in [5, 5.41) is 0.943. The molecule has 3 rings (SSSR count). The Morgan fingerprint density at radius 1 is 1.11 bits per heavy atom. The van der Waals surface area contributed by atoms with Gasteiger partial charge in [-0.15, -0.1) is 24.9 Å². The van der Waals surface area contributed by atoms with Crippen LogP contribution in [-0.2, 0) is 10.0 Å². The number of rotatable bonds is 6. The SMILES string of the molecule is O=S(=O)(c1ccc(OC(F)(F)F)cc1)N1CCC(CSc2ccccn2)CC1. The van der Waals surface area contributed by atoms with E-state index in [1.807, 2.05) is 18.2 Å². The standard InChI is InChI=1S/C18H19F3N2O3S2/c19-18(20,21)26-15-4-6-16(7-5-15)28(24,25)23-11-8-14(9-12-23)13-27-17-3-1-2-10-22-17/h1-7,10,14H,8-9,11-13H2. The zero-order valence-electron chi connectivity index (χ0n) is 14.8. The zero-order chi connectivity index (χ0) is 20.2. The van der Waals surface area contributed by atoms with Crippen LogP contribution in [0.3, 0.4) is 0 Å². The van der Waals surface area contributed by atoms with Crippen LogP contribution >= 0.6 is 11.8 Å². The van der Waals surface area contributed by atoms with E-state index in [1.54, 1.807) is 18.0 Å². The Morgan fingerprint density at radius 2 is 1.79 bits per heavy atom. The van der Waals surface area contributed by atoms with Gasteiger partial charge in [0.2, 0.25) is 10.0 Å². The summed E-state index contributed by atoms with van der Waals surface area (Å²) in [4.78, 5) is 4.22. The second kappa shape index (κ2) is 8.71. The molecule has 1 aliphatic heterocycles. The summed E-state index contributed by atoms with van der Waals surface area (Å²) in [5.74, 6) is 0.812. The Labute approximate surface area is 166 Å². The number of hydrogen-bond donors (Lipinski definition) is 0. The number of aromatic nitrogens is 1. The maximum Gasteiger partial charge on any atom is 0.573 e. The van der Waals surface area contributed by atoms with Gasteiger partial charge in [-0.1, -0.05) is 6.07 Å². The van der Waals surface area contributed by atoms with E-state index in [-0.39, 0.29) is 4.90 Å². The number of ether oxygens (including phenoxy) is 1. The summed E-state index contributed by atoms with van der Waals surface area (Å²) in [6.45, 7) is 0.771. The number of thioether (sulfide) groups is 1. The number of piperidine rings is 1. The fourth-order valence-electron chi connectivity index (χ4n) is 2.91. The summed E-state index contributed by atoms with van der Waals surface area (Å²) >= 11 is 1.65. The van der Waals surface area contributed by atoms with Crippen LogP contribution in [0.25, 0.3) is 0 Å². The van der Waals surface area contributed by atoms with Crippen molar-refractivity contribution in [3.05, 3.63) is 48.7 Å². The van der Waals surface area contributed by atoms with Gasteiger partial charge in [0.25, 0.3) is 0 Å². The monoisotopic (exact) mass is 432 g/mol. The molecule has 0 saturated carbocycles. The highest BCUT2D eigenvalue weighted by atomic mass is 32.2. The lowest BCUT2D eigenvalue weighted by molar-refractivity contribution is -0.274. The van der Waals surface area contributed by atoms with Crippen molar-refractivity contribution in [3.63, 3.8) is 0 Å². The first-order valence-corrected chi connectivity index (χ1v) is 11.1. The van der Waals surface area contributed by atoms with E-state index in [4.69, 9.17) is 0 Å². The number of hydrogen-bond acceptors (Lipinski definition) is 5. The molecule has 5 nitrogen and oxygen atoms in total. The van der Waals surface area contributed by atoms with E-state index in [0.717, 1.165) is 47.9 Å². The molecular weight excluding hydrogens is 413 g/mol. The van der Waals surface area contributed by atoms with Crippen molar-refractivity contribution in [2.75, 3.05) is 18.8 Å². The van der Waals surface area contributed by atoms with Gasteiger partial charge in [-0.05, 0) is 55.2 Å². The number of nitrogens with zero attached hydrogens (tertiary/aromatic N) is 2. The molecule has 0 amide bonds. The molecular formula is C18H19F3N2O3S2. The fraction of sp³-hybridized carbons (Fsp3) is 0.389. The van der Waals surface area contributed by atoms with Crippen LogP contribution in [-0.4, -0.2) is 42.9 Å². The van der Waals surface area contributed by atoms with Gasteiger partial charge >= 0.3 is 6.36 Å². The molecule has 152 valence electrons. The lowest BCUT2D eigenvalue weighted by Crippen LogP contribution is -2.38. The topological polar surface area (TPSA) is 59.5 Å². The average Bonchev–Trinajstić information content (AvgIpc) is 2.67. The zero-order valence-corrected chi connectivity index (χ0v) is 16.4. The van der Waals surface area contributed by atoms with E-state index in [2.05, 4.69) is 9.72 Å². The minimum Gasteiger partial charge on any atom is -0.406 e. The first-order valence-electron chi connectivity index (χ1n) is 8.64. The smallest absolute Gasteiger partial charge is 0.406 e. The van der Waals surface area contributed by atoms with E-state index in [9.17, 15) is 21.6 Å². The van der Waals surface area contributed by atoms with Gasteiger partial charge in [-0.3, -0.25) is 0 Å². The highest BCUT2D eigenvalue weighted by Crippen LogP contribution is 2.29. The van der Waals surface area contributed by atoms with Crippen molar-refractivity contribution in [1.82, 2.24) is 9.29 Å². The predicted molar refractivity (Wildman–Crippen MR) is 99.6 cm³/mol. The maximum atomic E-state index is 12.7. The van der Waals surface area contributed by atoms with E-state index >= 15 is 0 Å². The molecule has 2 heterocycles. The molecule has 0 N–H and O–H groups in total. The van der Waals surface area contributed by atoms with Crippen LogP contribution in [0.4, 0.5) is 13.2 Å². The molecule has 1 fully saturated rings. The number of benzene rings is 1. The number of sulfonamides is 1. The molecule has 28 heavy (non-hydrogen) atoms. The molecule has 0 spiro atoms. The van der Waals surface area contributed by atoms with Gasteiger partial charge < -0.3 is 4.74 Å². The Bertz CT molecular complexity index is 867. The molecule has 10 heteroatoms. The molecule has 2 aromatic rings. The van der Waals surface area contributed by atoms with Crippen LogP contribution in [0, 0.1) is 5.92 Å². The number of pyridine rings is 1. The van der Waals surface area contributed by atoms with Crippen molar-refractivity contribution in [2.45, 2.75) is 29.1 Å².